The average molecular weight is 374 g/mol. The van der Waals surface area contributed by atoms with E-state index in [9.17, 15) is 0 Å². The molecule has 0 atom stereocenters. The summed E-state index contributed by atoms with van der Waals surface area (Å²) < 4.78 is 10.5. The van der Waals surface area contributed by atoms with Crippen molar-refractivity contribution >= 4 is 34.6 Å². The fourth-order valence-electron chi connectivity index (χ4n) is 2.20. The highest BCUT2D eigenvalue weighted by molar-refractivity contribution is 6.32. The summed E-state index contributed by atoms with van der Waals surface area (Å²) in [5.74, 6) is 1.50. The Hall–Kier alpha value is -3.43. The van der Waals surface area contributed by atoms with Gasteiger partial charge in [-0.15, -0.1) is 0 Å². The number of nitrogen functional groups attached to an aromatic ring is 1. The average Bonchev–Trinajstić information content (AvgIpc) is 2.63. The number of rotatable bonds is 7. The highest BCUT2D eigenvalue weighted by Gasteiger charge is 2.17. The molecule has 134 valence electrons. The van der Waals surface area contributed by atoms with E-state index in [1.165, 1.54) is 25.4 Å². The van der Waals surface area contributed by atoms with Gasteiger partial charge in [0.25, 0.3) is 0 Å². The van der Waals surface area contributed by atoms with Crippen molar-refractivity contribution in [3.63, 3.8) is 0 Å². The van der Waals surface area contributed by atoms with Crippen LogP contribution in [0.1, 0.15) is 0 Å². The summed E-state index contributed by atoms with van der Waals surface area (Å²) in [5.41, 5.74) is 6.83. The number of nitrogens with two attached hydrogens (primary N) is 1. The van der Waals surface area contributed by atoms with Gasteiger partial charge in [-0.3, -0.25) is 0 Å². The molecule has 0 fully saturated rings. The van der Waals surface area contributed by atoms with Crippen LogP contribution in [0.15, 0.2) is 18.5 Å². The molecule has 0 saturated carbocycles. The fraction of sp³-hybridized carbons (Fsp3) is 0.250. The number of hydrogen-bond donors (Lipinski definition) is 2. The van der Waals surface area contributed by atoms with E-state index in [1.54, 1.807) is 12.1 Å². The first-order valence-electron chi connectivity index (χ1n) is 7.33. The quantitative estimate of drug-likeness (QED) is 0.701. The lowest BCUT2D eigenvalue weighted by Crippen LogP contribution is -2.26. The number of hydrogen-bond acceptors (Lipinski definition) is 9. The van der Waals surface area contributed by atoms with Crippen molar-refractivity contribution in [1.29, 1.82) is 10.5 Å². The van der Waals surface area contributed by atoms with Crippen LogP contribution in [0, 0.1) is 22.7 Å². The fourth-order valence-corrected chi connectivity index (χ4v) is 2.44. The number of nitrogens with one attached hydrogen (secondary N) is 1. The molecule has 1 aromatic heterocycles. The van der Waals surface area contributed by atoms with Crippen molar-refractivity contribution < 1.29 is 9.47 Å². The summed E-state index contributed by atoms with van der Waals surface area (Å²) >= 11 is 6.16. The SMILES string of the molecule is COc1cc(OC)c(Nc2ncnc(N(CC#N)CC#N)c2N)cc1Cl. The summed E-state index contributed by atoms with van der Waals surface area (Å²) in [6.45, 7) is -0.0716. The van der Waals surface area contributed by atoms with Gasteiger partial charge in [0.1, 0.15) is 36.6 Å². The van der Waals surface area contributed by atoms with Gasteiger partial charge in [0.05, 0.1) is 37.1 Å². The minimum atomic E-state index is -0.0358. The maximum absolute atomic E-state index is 8.92. The predicted octanol–water partition coefficient (Wildman–Crippen LogP) is 2.33. The molecule has 0 amide bonds. The summed E-state index contributed by atoms with van der Waals surface area (Å²) in [7, 11) is 3.01. The lowest BCUT2D eigenvalue weighted by molar-refractivity contribution is 0.396. The van der Waals surface area contributed by atoms with Crippen LogP contribution in [0.5, 0.6) is 11.5 Å². The number of nitrogens with zero attached hydrogens (tertiary/aromatic N) is 5. The Labute approximate surface area is 155 Å². The molecule has 0 aliphatic heterocycles. The number of aromatic nitrogens is 2. The van der Waals surface area contributed by atoms with Crippen molar-refractivity contribution in [2.24, 2.45) is 0 Å². The van der Waals surface area contributed by atoms with E-state index in [2.05, 4.69) is 15.3 Å². The van der Waals surface area contributed by atoms with Crippen LogP contribution in [-0.2, 0) is 0 Å². The predicted molar refractivity (Wildman–Crippen MR) is 97.7 cm³/mol. The monoisotopic (exact) mass is 373 g/mol. The summed E-state index contributed by atoms with van der Waals surface area (Å²) in [6, 6.07) is 7.19. The Morgan fingerprint density at radius 3 is 2.38 bits per heavy atom. The molecule has 0 saturated heterocycles. The molecule has 0 aliphatic rings. The second-order valence-corrected chi connectivity index (χ2v) is 5.35. The minimum absolute atomic E-state index is 0.0358. The highest BCUT2D eigenvalue weighted by atomic mass is 35.5. The van der Waals surface area contributed by atoms with E-state index in [1.807, 2.05) is 12.1 Å². The Morgan fingerprint density at radius 2 is 1.81 bits per heavy atom. The van der Waals surface area contributed by atoms with Crippen LogP contribution in [0.4, 0.5) is 23.0 Å². The number of halogens is 1. The van der Waals surface area contributed by atoms with E-state index in [0.717, 1.165) is 0 Å². The van der Waals surface area contributed by atoms with Gasteiger partial charge in [-0.25, -0.2) is 9.97 Å². The van der Waals surface area contributed by atoms with Crippen molar-refractivity contribution in [3.05, 3.63) is 23.5 Å². The van der Waals surface area contributed by atoms with Gasteiger partial charge < -0.3 is 25.4 Å². The second-order valence-electron chi connectivity index (χ2n) is 4.94. The minimum Gasteiger partial charge on any atom is -0.495 e. The van der Waals surface area contributed by atoms with Crippen LogP contribution >= 0.6 is 11.6 Å². The van der Waals surface area contributed by atoms with Gasteiger partial charge in [0.15, 0.2) is 11.6 Å². The van der Waals surface area contributed by atoms with E-state index < -0.39 is 0 Å². The molecule has 0 aliphatic carbocycles. The van der Waals surface area contributed by atoms with E-state index in [0.29, 0.717) is 22.2 Å². The molecular formula is C16H16ClN7O2. The van der Waals surface area contributed by atoms with E-state index in [4.69, 9.17) is 37.3 Å². The van der Waals surface area contributed by atoms with Crippen molar-refractivity contribution in [2.45, 2.75) is 0 Å². The molecule has 1 aromatic carbocycles. The molecule has 9 nitrogen and oxygen atoms in total. The molecule has 26 heavy (non-hydrogen) atoms. The first kappa shape index (κ1) is 18.9. The summed E-state index contributed by atoms with van der Waals surface area (Å²) in [4.78, 5) is 9.64. The zero-order valence-corrected chi connectivity index (χ0v) is 14.9. The Balaban J connectivity index is 2.43. The second kappa shape index (κ2) is 8.60. The van der Waals surface area contributed by atoms with Crippen LogP contribution in [0.2, 0.25) is 5.02 Å². The number of methoxy groups -OCH3 is 2. The van der Waals surface area contributed by atoms with Gasteiger partial charge in [-0.1, -0.05) is 11.6 Å². The molecule has 0 unspecified atom stereocenters. The molecular weight excluding hydrogens is 358 g/mol. The standard InChI is InChI=1S/C16H16ClN7O2/c1-25-12-8-13(26-2)11(7-10(12)17)23-15-14(20)16(22-9-21-15)24(5-3-18)6-4-19/h7-9H,5-6,20H2,1-2H3,(H,21,22,23). The van der Waals surface area contributed by atoms with Gasteiger partial charge in [0.2, 0.25) is 0 Å². The number of ether oxygens (including phenoxy) is 2. The van der Waals surface area contributed by atoms with Crippen LogP contribution in [-0.4, -0.2) is 37.3 Å². The molecule has 2 rings (SSSR count). The lowest BCUT2D eigenvalue weighted by Gasteiger charge is -2.20. The molecule has 10 heteroatoms. The van der Waals surface area contributed by atoms with E-state index in [-0.39, 0.29) is 30.4 Å². The smallest absolute Gasteiger partial charge is 0.159 e. The number of anilines is 4. The van der Waals surface area contributed by atoms with Gasteiger partial charge >= 0.3 is 0 Å². The first-order valence-corrected chi connectivity index (χ1v) is 7.71. The summed E-state index contributed by atoms with van der Waals surface area (Å²) in [6.07, 6.45) is 1.29. The maximum Gasteiger partial charge on any atom is 0.159 e. The van der Waals surface area contributed by atoms with Crippen molar-refractivity contribution in [3.8, 4) is 23.6 Å². The van der Waals surface area contributed by atoms with Crippen molar-refractivity contribution in [2.75, 3.05) is 43.3 Å². The Morgan fingerprint density at radius 1 is 1.15 bits per heavy atom. The highest BCUT2D eigenvalue weighted by Crippen LogP contribution is 2.38. The van der Waals surface area contributed by atoms with Crippen molar-refractivity contribution in [1.82, 2.24) is 9.97 Å². The zero-order chi connectivity index (χ0) is 19.1. The molecule has 2 aromatic rings. The third kappa shape index (κ3) is 3.97. The van der Waals surface area contributed by atoms with Gasteiger partial charge in [-0.2, -0.15) is 10.5 Å². The topological polar surface area (TPSA) is 133 Å². The molecule has 0 radical (unpaired) electrons. The van der Waals surface area contributed by atoms with Crippen LogP contribution in [0.3, 0.4) is 0 Å². The molecule has 3 N–H and O–H groups in total. The maximum atomic E-state index is 8.92. The number of benzene rings is 1. The number of nitriles is 2. The normalized spacial score (nSPS) is 9.73. The summed E-state index contributed by atoms with van der Waals surface area (Å²) in [5, 5.41) is 21.3. The largest absolute Gasteiger partial charge is 0.495 e. The molecule has 1 heterocycles. The molecule has 0 bridgehead atoms. The zero-order valence-electron chi connectivity index (χ0n) is 14.2. The van der Waals surface area contributed by atoms with E-state index >= 15 is 0 Å². The molecule has 0 spiro atoms. The first-order chi connectivity index (χ1) is 12.5. The third-order valence-corrected chi connectivity index (χ3v) is 3.71. The van der Waals surface area contributed by atoms with Gasteiger partial charge in [-0.05, 0) is 6.07 Å². The Kier molecular flexibility index (Phi) is 6.25. The lowest BCUT2D eigenvalue weighted by atomic mass is 10.2. The van der Waals surface area contributed by atoms with Crippen LogP contribution < -0.4 is 25.4 Å². The van der Waals surface area contributed by atoms with Gasteiger partial charge in [0, 0.05) is 6.07 Å². The Bertz CT molecular complexity index is 860. The van der Waals surface area contributed by atoms with Crippen LogP contribution in [0.25, 0.3) is 0 Å². The third-order valence-electron chi connectivity index (χ3n) is 3.41.